The van der Waals surface area contributed by atoms with Gasteiger partial charge in [-0.3, -0.25) is 9.36 Å². The average Bonchev–Trinajstić information content (AvgIpc) is 2.56. The number of hydrogen-bond acceptors (Lipinski definition) is 4. The van der Waals surface area contributed by atoms with Crippen molar-refractivity contribution in [2.45, 2.75) is 23.8 Å². The molecule has 23 heavy (non-hydrogen) atoms. The summed E-state index contributed by atoms with van der Waals surface area (Å²) >= 11 is -1.02. The molecule has 1 aromatic carbocycles. The van der Waals surface area contributed by atoms with Gasteiger partial charge in [0.2, 0.25) is 0 Å². The minimum atomic E-state index is -1.02. The van der Waals surface area contributed by atoms with Gasteiger partial charge in [-0.1, -0.05) is 0 Å². The summed E-state index contributed by atoms with van der Waals surface area (Å²) in [6.45, 7) is 1.90. The molecule has 1 saturated heterocycles. The second kappa shape index (κ2) is 7.21. The maximum Gasteiger partial charge on any atom is 0.258 e. The average molecular weight is 332 g/mol. The van der Waals surface area contributed by atoms with Crippen molar-refractivity contribution in [2.75, 3.05) is 19.3 Å². The van der Waals surface area contributed by atoms with Gasteiger partial charge >= 0.3 is 0 Å². The third kappa shape index (κ3) is 3.96. The number of nitrogens with one attached hydrogen (secondary N) is 1. The molecule has 5 nitrogen and oxygen atoms in total. The van der Waals surface area contributed by atoms with Crippen LogP contribution in [0.15, 0.2) is 52.3 Å². The van der Waals surface area contributed by atoms with E-state index in [1.54, 1.807) is 41.3 Å². The van der Waals surface area contributed by atoms with Crippen molar-refractivity contribution in [3.8, 4) is 11.4 Å². The van der Waals surface area contributed by atoms with Crippen molar-refractivity contribution in [1.82, 2.24) is 9.88 Å². The topological polar surface area (TPSA) is 66.3 Å². The molecule has 0 bridgehead atoms. The summed E-state index contributed by atoms with van der Waals surface area (Å²) in [4.78, 5) is 13.1. The van der Waals surface area contributed by atoms with Crippen LogP contribution < -0.4 is 15.6 Å². The van der Waals surface area contributed by atoms with E-state index in [2.05, 4.69) is 5.32 Å². The minimum Gasteiger partial charge on any atom is -0.612 e. The molecule has 1 aliphatic rings. The van der Waals surface area contributed by atoms with Crippen molar-refractivity contribution < 1.29 is 9.29 Å². The van der Waals surface area contributed by atoms with Crippen LogP contribution >= 0.6 is 0 Å². The molecule has 1 fully saturated rings. The van der Waals surface area contributed by atoms with E-state index >= 15 is 0 Å². The monoisotopic (exact) mass is 332 g/mol. The van der Waals surface area contributed by atoms with E-state index in [0.29, 0.717) is 5.75 Å². The van der Waals surface area contributed by atoms with Crippen molar-refractivity contribution in [3.63, 3.8) is 0 Å². The highest BCUT2D eigenvalue weighted by Gasteiger charge is 2.15. The van der Waals surface area contributed by atoms with Gasteiger partial charge in [0.05, 0.1) is 0 Å². The highest BCUT2D eigenvalue weighted by molar-refractivity contribution is 7.90. The van der Waals surface area contributed by atoms with Crippen LogP contribution in [0.25, 0.3) is 5.69 Å². The molecular formula is C17H20N2O3S. The van der Waals surface area contributed by atoms with Crippen LogP contribution in [-0.2, 0) is 11.2 Å². The molecule has 122 valence electrons. The first-order valence-electron chi connectivity index (χ1n) is 7.67. The van der Waals surface area contributed by atoms with E-state index in [9.17, 15) is 9.35 Å². The van der Waals surface area contributed by atoms with Gasteiger partial charge in [0.15, 0.2) is 4.90 Å². The van der Waals surface area contributed by atoms with E-state index in [-0.39, 0.29) is 11.7 Å². The van der Waals surface area contributed by atoms with Crippen LogP contribution in [0.5, 0.6) is 5.75 Å². The molecule has 1 N–H and O–H groups in total. The highest BCUT2D eigenvalue weighted by Crippen LogP contribution is 2.16. The Morgan fingerprint density at radius 3 is 2.52 bits per heavy atom. The number of pyridine rings is 1. The third-order valence-corrected chi connectivity index (χ3v) is 4.86. The van der Waals surface area contributed by atoms with Crippen molar-refractivity contribution in [2.24, 2.45) is 0 Å². The number of rotatable bonds is 4. The summed E-state index contributed by atoms with van der Waals surface area (Å²) in [5, 5.41) is 3.29. The Kier molecular flexibility index (Phi) is 5.05. The Labute approximate surface area is 138 Å². The number of benzene rings is 1. The predicted octanol–water partition coefficient (Wildman–Crippen LogP) is 1.71. The van der Waals surface area contributed by atoms with Gasteiger partial charge in [-0.25, -0.2) is 0 Å². The smallest absolute Gasteiger partial charge is 0.258 e. The zero-order chi connectivity index (χ0) is 16.2. The lowest BCUT2D eigenvalue weighted by molar-refractivity contribution is 0.162. The Hall–Kier alpha value is -1.76. The van der Waals surface area contributed by atoms with Crippen molar-refractivity contribution >= 4 is 11.2 Å². The first-order valence-corrected chi connectivity index (χ1v) is 9.23. The van der Waals surface area contributed by atoms with Crippen LogP contribution in [-0.4, -0.2) is 34.6 Å². The second-order valence-corrected chi connectivity index (χ2v) is 6.97. The molecule has 2 heterocycles. The van der Waals surface area contributed by atoms with Gasteiger partial charge in [-0.15, -0.1) is 0 Å². The summed E-state index contributed by atoms with van der Waals surface area (Å²) in [6, 6.07) is 10.5. The highest BCUT2D eigenvalue weighted by atomic mass is 32.2. The lowest BCUT2D eigenvalue weighted by atomic mass is 10.1. The number of nitrogens with zero attached hydrogens (tertiary/aromatic N) is 1. The molecule has 1 aromatic heterocycles. The molecule has 1 unspecified atom stereocenters. The molecule has 1 aliphatic heterocycles. The zero-order valence-electron chi connectivity index (χ0n) is 13.0. The lowest BCUT2D eigenvalue weighted by Crippen LogP contribution is -2.34. The van der Waals surface area contributed by atoms with Crippen molar-refractivity contribution in [3.05, 3.63) is 52.9 Å². The summed E-state index contributed by atoms with van der Waals surface area (Å²) in [7, 11) is 0. The lowest BCUT2D eigenvalue weighted by Gasteiger charge is -2.23. The molecule has 0 aliphatic carbocycles. The van der Waals surface area contributed by atoms with Crippen LogP contribution in [0, 0.1) is 0 Å². The fourth-order valence-electron chi connectivity index (χ4n) is 2.65. The van der Waals surface area contributed by atoms with Crippen LogP contribution in [0.2, 0.25) is 0 Å². The summed E-state index contributed by atoms with van der Waals surface area (Å²) in [5.74, 6) is 0.615. The standard InChI is InChI=1S/C17H20N2O3S/c1-23(21)16-4-2-13(3-5-16)19-11-8-15(12-17(19)20)22-14-6-9-18-10-7-14/h2-5,8,11-12,14,18H,6-7,9-10H2,1H3. The Bertz CT molecular complexity index is 707. The number of piperidine rings is 1. The number of ether oxygens (including phenoxy) is 1. The van der Waals surface area contributed by atoms with E-state index < -0.39 is 11.2 Å². The quantitative estimate of drug-likeness (QED) is 0.866. The van der Waals surface area contributed by atoms with Gasteiger partial charge in [0.25, 0.3) is 5.56 Å². The molecule has 3 rings (SSSR count). The Morgan fingerprint density at radius 2 is 1.91 bits per heavy atom. The molecular weight excluding hydrogens is 312 g/mol. The van der Waals surface area contributed by atoms with Gasteiger partial charge in [-0.05, 0) is 67.4 Å². The fourth-order valence-corrected chi connectivity index (χ4v) is 3.17. The molecule has 0 spiro atoms. The van der Waals surface area contributed by atoms with Crippen LogP contribution in [0.1, 0.15) is 12.8 Å². The van der Waals surface area contributed by atoms with Gasteiger partial charge in [0.1, 0.15) is 18.1 Å². The Morgan fingerprint density at radius 1 is 1.22 bits per heavy atom. The first kappa shape index (κ1) is 16.1. The van der Waals surface area contributed by atoms with Gasteiger partial charge < -0.3 is 14.6 Å². The van der Waals surface area contributed by atoms with E-state index in [0.717, 1.165) is 36.5 Å². The van der Waals surface area contributed by atoms with E-state index in [4.69, 9.17) is 4.74 Å². The Balaban J connectivity index is 1.77. The molecule has 1 atom stereocenters. The van der Waals surface area contributed by atoms with Gasteiger partial charge in [0, 0.05) is 18.0 Å². The van der Waals surface area contributed by atoms with Crippen LogP contribution in [0.4, 0.5) is 0 Å². The molecule has 0 radical (unpaired) electrons. The van der Waals surface area contributed by atoms with Crippen molar-refractivity contribution in [1.29, 1.82) is 0 Å². The molecule has 6 heteroatoms. The van der Waals surface area contributed by atoms with Crippen LogP contribution in [0.3, 0.4) is 0 Å². The maximum atomic E-state index is 12.3. The molecule has 0 saturated carbocycles. The third-order valence-electron chi connectivity index (χ3n) is 3.93. The van der Waals surface area contributed by atoms with E-state index in [1.807, 2.05) is 6.07 Å². The molecule has 0 amide bonds. The van der Waals surface area contributed by atoms with Gasteiger partial charge in [-0.2, -0.15) is 0 Å². The summed E-state index contributed by atoms with van der Waals surface area (Å²) in [5.41, 5.74) is 0.611. The number of hydrogen-bond donors (Lipinski definition) is 1. The second-order valence-electron chi connectivity index (χ2n) is 5.59. The minimum absolute atomic E-state index is 0.137. The SMILES string of the molecule is C[S+]([O-])c1ccc(-n2ccc(OC3CCNCC3)cc2=O)cc1. The largest absolute Gasteiger partial charge is 0.612 e. The molecule has 2 aromatic rings. The summed E-state index contributed by atoms with van der Waals surface area (Å²) < 4.78 is 18.9. The number of aromatic nitrogens is 1. The maximum absolute atomic E-state index is 12.3. The normalized spacial score (nSPS) is 17.0. The summed E-state index contributed by atoms with van der Waals surface area (Å²) in [6.07, 6.45) is 5.44. The van der Waals surface area contributed by atoms with E-state index in [1.165, 1.54) is 6.07 Å². The fraction of sp³-hybridized carbons (Fsp3) is 0.353. The predicted molar refractivity (Wildman–Crippen MR) is 90.9 cm³/mol. The first-order chi connectivity index (χ1) is 11.1. The zero-order valence-corrected chi connectivity index (χ0v) is 13.8.